The van der Waals surface area contributed by atoms with Crippen LogP contribution >= 0.6 is 35.4 Å². The molecule has 0 saturated carbocycles. The predicted octanol–water partition coefficient (Wildman–Crippen LogP) is 5.68. The zero-order valence-electron chi connectivity index (χ0n) is 19.9. The fourth-order valence-electron chi connectivity index (χ4n) is 3.93. The number of nitrogens with one attached hydrogen (secondary N) is 2. The van der Waals surface area contributed by atoms with Crippen molar-refractivity contribution < 1.29 is 14.0 Å². The summed E-state index contributed by atoms with van der Waals surface area (Å²) in [6.45, 7) is 6.85. The average molecular weight is 545 g/mol. The van der Waals surface area contributed by atoms with Crippen molar-refractivity contribution in [2.75, 3.05) is 36.4 Å². The standard InChI is InChI=1S/C26H26Cl2N4O3S/c1-16(2)25(34)32-14-12-31(13-15-32)18-8-6-17(7-9-18)29-26(36)30-24(33)22-11-10-21(35-22)19-4-3-5-20(27)23(19)28/h3-11,16H,12-15H2,1-2H3,(H2,29,30,33,36). The molecule has 2 N–H and O–H groups in total. The lowest BCUT2D eigenvalue weighted by molar-refractivity contribution is -0.134. The van der Waals surface area contributed by atoms with Crippen LogP contribution in [0.5, 0.6) is 0 Å². The number of furan rings is 1. The minimum atomic E-state index is -0.484. The molecule has 0 spiro atoms. The molecule has 0 aliphatic carbocycles. The molecule has 10 heteroatoms. The van der Waals surface area contributed by atoms with Crippen molar-refractivity contribution in [1.82, 2.24) is 10.2 Å². The molecule has 2 amide bonds. The van der Waals surface area contributed by atoms with E-state index in [9.17, 15) is 9.59 Å². The van der Waals surface area contributed by atoms with Gasteiger partial charge < -0.3 is 19.5 Å². The second-order valence-corrected chi connectivity index (χ2v) is 9.88. The summed E-state index contributed by atoms with van der Waals surface area (Å²) in [6.07, 6.45) is 0. The molecule has 188 valence electrons. The fourth-order valence-corrected chi connectivity index (χ4v) is 4.54. The second-order valence-electron chi connectivity index (χ2n) is 8.69. The molecule has 0 unspecified atom stereocenters. The van der Waals surface area contributed by atoms with E-state index in [-0.39, 0.29) is 22.7 Å². The van der Waals surface area contributed by atoms with E-state index in [1.165, 1.54) is 0 Å². The van der Waals surface area contributed by atoms with Gasteiger partial charge in [-0.3, -0.25) is 14.9 Å². The van der Waals surface area contributed by atoms with Crippen molar-refractivity contribution in [3.63, 3.8) is 0 Å². The van der Waals surface area contributed by atoms with Crippen molar-refractivity contribution in [1.29, 1.82) is 0 Å². The van der Waals surface area contributed by atoms with E-state index in [1.807, 2.05) is 43.0 Å². The lowest BCUT2D eigenvalue weighted by Gasteiger charge is -2.37. The number of anilines is 2. The van der Waals surface area contributed by atoms with Gasteiger partial charge in [-0.1, -0.05) is 43.1 Å². The average Bonchev–Trinajstić information content (AvgIpc) is 3.36. The van der Waals surface area contributed by atoms with Crippen LogP contribution in [0.25, 0.3) is 11.3 Å². The second kappa shape index (κ2) is 11.3. The van der Waals surface area contributed by atoms with E-state index < -0.39 is 5.91 Å². The van der Waals surface area contributed by atoms with Crippen LogP contribution in [0.3, 0.4) is 0 Å². The number of rotatable bonds is 5. The number of amides is 2. The number of carbonyl (C=O) groups excluding carboxylic acids is 2. The molecule has 1 aromatic heterocycles. The van der Waals surface area contributed by atoms with Crippen LogP contribution in [-0.2, 0) is 4.79 Å². The van der Waals surface area contributed by atoms with E-state index >= 15 is 0 Å². The van der Waals surface area contributed by atoms with E-state index in [1.54, 1.807) is 30.3 Å². The summed E-state index contributed by atoms with van der Waals surface area (Å²) in [5, 5.41) is 6.53. The van der Waals surface area contributed by atoms with E-state index in [4.69, 9.17) is 39.8 Å². The minimum absolute atomic E-state index is 0.0162. The predicted molar refractivity (Wildman–Crippen MR) is 148 cm³/mol. The Hall–Kier alpha value is -3.07. The Morgan fingerprint density at radius 1 is 0.972 bits per heavy atom. The van der Waals surface area contributed by atoms with Gasteiger partial charge in [-0.05, 0) is 60.7 Å². The Balaban J connectivity index is 1.30. The SMILES string of the molecule is CC(C)C(=O)N1CCN(c2ccc(NC(=S)NC(=O)c3ccc(-c4cccc(Cl)c4Cl)o3)cc2)CC1. The highest BCUT2D eigenvalue weighted by molar-refractivity contribution is 7.80. The van der Waals surface area contributed by atoms with Crippen molar-refractivity contribution in [2.24, 2.45) is 5.92 Å². The summed E-state index contributed by atoms with van der Waals surface area (Å²) in [6, 6.07) is 16.2. The number of nitrogens with zero attached hydrogens (tertiary/aromatic N) is 2. The highest BCUT2D eigenvalue weighted by Gasteiger charge is 2.23. The lowest BCUT2D eigenvalue weighted by Crippen LogP contribution is -2.49. The van der Waals surface area contributed by atoms with Gasteiger partial charge >= 0.3 is 0 Å². The van der Waals surface area contributed by atoms with Gasteiger partial charge in [-0.15, -0.1) is 0 Å². The first-order valence-corrected chi connectivity index (χ1v) is 12.7. The molecule has 0 atom stereocenters. The number of hydrogen-bond donors (Lipinski definition) is 2. The molecule has 3 aromatic rings. The van der Waals surface area contributed by atoms with Gasteiger partial charge in [0.15, 0.2) is 10.9 Å². The summed E-state index contributed by atoms with van der Waals surface area (Å²) in [4.78, 5) is 28.9. The van der Waals surface area contributed by atoms with E-state index in [0.717, 1.165) is 24.5 Å². The maximum Gasteiger partial charge on any atom is 0.293 e. The molecule has 1 aliphatic heterocycles. The highest BCUT2D eigenvalue weighted by Crippen LogP contribution is 2.34. The quantitative estimate of drug-likeness (QED) is 0.402. The Bertz CT molecular complexity index is 1270. The van der Waals surface area contributed by atoms with Gasteiger partial charge in [-0.2, -0.15) is 0 Å². The van der Waals surface area contributed by atoms with Crippen LogP contribution in [0.1, 0.15) is 24.4 Å². The van der Waals surface area contributed by atoms with Gasteiger partial charge in [0.2, 0.25) is 5.91 Å². The minimum Gasteiger partial charge on any atom is -0.451 e. The van der Waals surface area contributed by atoms with Crippen molar-refractivity contribution >= 4 is 63.7 Å². The molecule has 1 fully saturated rings. The normalized spacial score (nSPS) is 13.6. The molecule has 2 aromatic carbocycles. The summed E-state index contributed by atoms with van der Waals surface area (Å²) < 4.78 is 5.66. The first kappa shape index (κ1) is 26.0. The topological polar surface area (TPSA) is 77.8 Å². The number of halogens is 2. The van der Waals surface area contributed by atoms with Crippen LogP contribution in [0.2, 0.25) is 10.0 Å². The molecular weight excluding hydrogens is 519 g/mol. The van der Waals surface area contributed by atoms with Crippen LogP contribution in [-0.4, -0.2) is 48.0 Å². The zero-order chi connectivity index (χ0) is 25.8. The fraction of sp³-hybridized carbons (Fsp3) is 0.269. The Morgan fingerprint density at radius 3 is 2.33 bits per heavy atom. The molecule has 7 nitrogen and oxygen atoms in total. The molecule has 2 heterocycles. The molecule has 0 radical (unpaired) electrons. The first-order valence-electron chi connectivity index (χ1n) is 11.5. The third-order valence-corrected chi connectivity index (χ3v) is 6.87. The van der Waals surface area contributed by atoms with Gasteiger partial charge in [0, 0.05) is 49.0 Å². The number of carbonyl (C=O) groups is 2. The first-order chi connectivity index (χ1) is 17.2. The third-order valence-electron chi connectivity index (χ3n) is 5.85. The third kappa shape index (κ3) is 6.00. The monoisotopic (exact) mass is 544 g/mol. The summed E-state index contributed by atoms with van der Waals surface area (Å²) in [7, 11) is 0. The van der Waals surface area contributed by atoms with Crippen molar-refractivity contribution in [2.45, 2.75) is 13.8 Å². The van der Waals surface area contributed by atoms with E-state index in [0.29, 0.717) is 34.5 Å². The van der Waals surface area contributed by atoms with E-state index in [2.05, 4.69) is 15.5 Å². The highest BCUT2D eigenvalue weighted by atomic mass is 35.5. The number of hydrogen-bond acceptors (Lipinski definition) is 5. The Labute approximate surface area is 225 Å². The van der Waals surface area contributed by atoms with Crippen LogP contribution in [0.15, 0.2) is 59.0 Å². The molecule has 1 saturated heterocycles. The maximum atomic E-state index is 12.6. The van der Waals surface area contributed by atoms with Crippen LogP contribution in [0.4, 0.5) is 11.4 Å². The van der Waals surface area contributed by atoms with Gasteiger partial charge in [-0.25, -0.2) is 0 Å². The summed E-state index contributed by atoms with van der Waals surface area (Å²) >= 11 is 17.6. The van der Waals surface area contributed by atoms with Gasteiger partial charge in [0.05, 0.1) is 10.0 Å². The number of benzene rings is 2. The molecular formula is C26H26Cl2N4O3S. The van der Waals surface area contributed by atoms with Crippen molar-refractivity contribution in [3.05, 3.63) is 70.4 Å². The number of thiocarbonyl (C=S) groups is 1. The number of piperazine rings is 1. The van der Waals surface area contributed by atoms with Gasteiger partial charge in [0.25, 0.3) is 5.91 Å². The lowest BCUT2D eigenvalue weighted by atomic mass is 10.1. The summed E-state index contributed by atoms with van der Waals surface area (Å²) in [5.41, 5.74) is 2.40. The largest absolute Gasteiger partial charge is 0.451 e. The Kier molecular flexibility index (Phi) is 8.18. The molecule has 4 rings (SSSR count). The molecule has 0 bridgehead atoms. The van der Waals surface area contributed by atoms with Crippen molar-refractivity contribution in [3.8, 4) is 11.3 Å². The molecule has 1 aliphatic rings. The summed E-state index contributed by atoms with van der Waals surface area (Å²) in [5.74, 6) is 0.251. The zero-order valence-corrected chi connectivity index (χ0v) is 22.2. The molecule has 36 heavy (non-hydrogen) atoms. The smallest absolute Gasteiger partial charge is 0.293 e. The Morgan fingerprint density at radius 2 is 1.67 bits per heavy atom. The van der Waals surface area contributed by atoms with Gasteiger partial charge in [0.1, 0.15) is 5.76 Å². The van der Waals surface area contributed by atoms with Crippen LogP contribution < -0.4 is 15.5 Å². The van der Waals surface area contributed by atoms with Crippen LogP contribution in [0, 0.1) is 5.92 Å². The maximum absolute atomic E-state index is 12.6.